The molecule has 0 aliphatic rings. The lowest BCUT2D eigenvalue weighted by molar-refractivity contribution is 0.0933. The molecule has 1 aromatic heterocycles. The monoisotopic (exact) mass is 395 g/mol. The number of carbonyl (C=O) groups is 1. The van der Waals surface area contributed by atoms with Crippen LogP contribution in [0.3, 0.4) is 0 Å². The van der Waals surface area contributed by atoms with Gasteiger partial charge in [0.1, 0.15) is 11.5 Å². The average Bonchev–Trinajstić information content (AvgIpc) is 2.73. The smallest absolute Gasteiger partial charge is 0.274 e. The summed E-state index contributed by atoms with van der Waals surface area (Å²) in [4.78, 5) is 25.8. The van der Waals surface area contributed by atoms with Gasteiger partial charge in [-0.25, -0.2) is 4.68 Å². The molecule has 1 unspecified atom stereocenters. The Hall–Kier alpha value is -3.35. The number of fused-ring (bicyclic) bond motifs is 1. The number of methoxy groups -OCH3 is 2. The molecule has 0 aliphatic heterocycles. The van der Waals surface area contributed by atoms with Gasteiger partial charge in [0.05, 0.1) is 31.7 Å². The van der Waals surface area contributed by atoms with E-state index in [1.165, 1.54) is 4.68 Å². The third kappa shape index (κ3) is 3.94. The zero-order chi connectivity index (χ0) is 21.1. The molecule has 1 amide bonds. The van der Waals surface area contributed by atoms with E-state index < -0.39 is 0 Å². The zero-order valence-electron chi connectivity index (χ0n) is 17.2. The second-order valence-corrected chi connectivity index (χ2v) is 7.04. The van der Waals surface area contributed by atoms with E-state index in [0.29, 0.717) is 22.3 Å². The predicted molar refractivity (Wildman–Crippen MR) is 112 cm³/mol. The van der Waals surface area contributed by atoms with E-state index >= 15 is 0 Å². The lowest BCUT2D eigenvalue weighted by atomic mass is 10.1. The van der Waals surface area contributed by atoms with Crippen LogP contribution in [0.4, 0.5) is 0 Å². The fourth-order valence-corrected chi connectivity index (χ4v) is 3.24. The molecule has 7 heteroatoms. The maximum absolute atomic E-state index is 13.1. The SMILES string of the molecule is COc1ccc(C(C)NC(=O)c2nn(C(C)C)c(=O)c3ccccc23)c(OC)c1. The minimum absolute atomic E-state index is 0.169. The summed E-state index contributed by atoms with van der Waals surface area (Å²) >= 11 is 0. The van der Waals surface area contributed by atoms with Gasteiger partial charge in [-0.3, -0.25) is 9.59 Å². The second kappa shape index (κ2) is 8.34. The highest BCUT2D eigenvalue weighted by molar-refractivity contribution is 6.04. The third-order valence-corrected chi connectivity index (χ3v) is 4.79. The molecule has 1 heterocycles. The van der Waals surface area contributed by atoms with E-state index in [9.17, 15) is 9.59 Å². The van der Waals surface area contributed by atoms with Crippen molar-refractivity contribution in [1.29, 1.82) is 0 Å². The summed E-state index contributed by atoms with van der Waals surface area (Å²) in [5, 5.41) is 8.32. The van der Waals surface area contributed by atoms with E-state index in [0.717, 1.165) is 5.56 Å². The van der Waals surface area contributed by atoms with E-state index in [1.54, 1.807) is 44.6 Å². The Morgan fingerprint density at radius 2 is 1.72 bits per heavy atom. The van der Waals surface area contributed by atoms with Crippen molar-refractivity contribution in [2.24, 2.45) is 0 Å². The average molecular weight is 395 g/mol. The van der Waals surface area contributed by atoms with Gasteiger partial charge >= 0.3 is 0 Å². The maximum atomic E-state index is 13.1. The normalized spacial score (nSPS) is 12.1. The van der Waals surface area contributed by atoms with Gasteiger partial charge in [-0.2, -0.15) is 5.10 Å². The largest absolute Gasteiger partial charge is 0.497 e. The Balaban J connectivity index is 2.00. The molecular formula is C22H25N3O4. The van der Waals surface area contributed by atoms with Crippen LogP contribution in [0.15, 0.2) is 47.3 Å². The summed E-state index contributed by atoms with van der Waals surface area (Å²) in [6, 6.07) is 11.9. The fraction of sp³-hybridized carbons (Fsp3) is 0.318. The van der Waals surface area contributed by atoms with E-state index in [-0.39, 0.29) is 29.2 Å². The van der Waals surface area contributed by atoms with Crippen molar-refractivity contribution >= 4 is 16.7 Å². The van der Waals surface area contributed by atoms with Crippen LogP contribution in [-0.2, 0) is 0 Å². The molecule has 0 saturated heterocycles. The summed E-state index contributed by atoms with van der Waals surface area (Å²) in [7, 11) is 3.15. The number of amides is 1. The highest BCUT2D eigenvalue weighted by Crippen LogP contribution is 2.29. The van der Waals surface area contributed by atoms with Crippen molar-refractivity contribution in [1.82, 2.24) is 15.1 Å². The number of nitrogens with one attached hydrogen (secondary N) is 1. The minimum atomic E-state index is -0.360. The van der Waals surface area contributed by atoms with Gasteiger partial charge in [-0.05, 0) is 39.0 Å². The lowest BCUT2D eigenvalue weighted by Gasteiger charge is -2.19. The van der Waals surface area contributed by atoms with Crippen LogP contribution in [0.25, 0.3) is 10.8 Å². The van der Waals surface area contributed by atoms with Crippen LogP contribution in [0.5, 0.6) is 11.5 Å². The Kier molecular flexibility index (Phi) is 5.87. The number of hydrogen-bond acceptors (Lipinski definition) is 5. The number of aromatic nitrogens is 2. The number of hydrogen-bond donors (Lipinski definition) is 1. The summed E-state index contributed by atoms with van der Waals surface area (Å²) in [5.74, 6) is 0.920. The van der Waals surface area contributed by atoms with Crippen LogP contribution in [0.2, 0.25) is 0 Å². The molecule has 29 heavy (non-hydrogen) atoms. The van der Waals surface area contributed by atoms with Gasteiger partial charge in [0, 0.05) is 17.0 Å². The molecule has 0 spiro atoms. The van der Waals surface area contributed by atoms with Crippen LogP contribution in [0.1, 0.15) is 48.9 Å². The van der Waals surface area contributed by atoms with Gasteiger partial charge in [0.2, 0.25) is 0 Å². The van der Waals surface area contributed by atoms with Gasteiger partial charge < -0.3 is 14.8 Å². The van der Waals surface area contributed by atoms with Crippen molar-refractivity contribution in [2.45, 2.75) is 32.9 Å². The van der Waals surface area contributed by atoms with Gasteiger partial charge in [-0.1, -0.05) is 18.2 Å². The first-order valence-electron chi connectivity index (χ1n) is 9.41. The van der Waals surface area contributed by atoms with Crippen LogP contribution in [-0.4, -0.2) is 29.9 Å². The number of ether oxygens (including phenoxy) is 2. The molecule has 0 fully saturated rings. The molecule has 2 aromatic carbocycles. The lowest BCUT2D eigenvalue weighted by Crippen LogP contribution is -2.32. The molecule has 152 valence electrons. The number of benzene rings is 2. The summed E-state index contributed by atoms with van der Waals surface area (Å²) in [6.07, 6.45) is 0. The summed E-state index contributed by atoms with van der Waals surface area (Å²) < 4.78 is 12.0. The molecule has 7 nitrogen and oxygen atoms in total. The van der Waals surface area contributed by atoms with Crippen LogP contribution >= 0.6 is 0 Å². The molecule has 0 aliphatic carbocycles. The summed E-state index contributed by atoms with van der Waals surface area (Å²) in [6.45, 7) is 5.58. The number of carbonyl (C=O) groups excluding carboxylic acids is 1. The quantitative estimate of drug-likeness (QED) is 0.691. The Labute approximate surface area is 169 Å². The van der Waals surface area contributed by atoms with Gasteiger partial charge in [-0.15, -0.1) is 0 Å². The highest BCUT2D eigenvalue weighted by Gasteiger charge is 2.21. The first-order chi connectivity index (χ1) is 13.9. The molecule has 0 saturated carbocycles. The predicted octanol–water partition coefficient (Wildman–Crippen LogP) is 3.49. The van der Waals surface area contributed by atoms with E-state index in [2.05, 4.69) is 10.4 Å². The van der Waals surface area contributed by atoms with E-state index in [1.807, 2.05) is 32.9 Å². The Morgan fingerprint density at radius 1 is 1.03 bits per heavy atom. The second-order valence-electron chi connectivity index (χ2n) is 7.04. The van der Waals surface area contributed by atoms with Crippen molar-refractivity contribution in [3.63, 3.8) is 0 Å². The maximum Gasteiger partial charge on any atom is 0.274 e. The molecular weight excluding hydrogens is 370 g/mol. The Morgan fingerprint density at radius 3 is 2.34 bits per heavy atom. The Bertz CT molecular complexity index is 1100. The van der Waals surface area contributed by atoms with Crippen molar-refractivity contribution < 1.29 is 14.3 Å². The minimum Gasteiger partial charge on any atom is -0.497 e. The first kappa shape index (κ1) is 20.4. The van der Waals surface area contributed by atoms with Crippen molar-refractivity contribution in [3.8, 4) is 11.5 Å². The number of rotatable bonds is 6. The molecule has 1 atom stereocenters. The van der Waals surface area contributed by atoms with Crippen LogP contribution < -0.4 is 20.3 Å². The topological polar surface area (TPSA) is 82.5 Å². The molecule has 1 N–H and O–H groups in total. The third-order valence-electron chi connectivity index (χ3n) is 4.79. The molecule has 0 radical (unpaired) electrons. The van der Waals surface area contributed by atoms with Crippen molar-refractivity contribution in [2.75, 3.05) is 14.2 Å². The highest BCUT2D eigenvalue weighted by atomic mass is 16.5. The van der Waals surface area contributed by atoms with Crippen molar-refractivity contribution in [3.05, 3.63) is 64.1 Å². The molecule has 0 bridgehead atoms. The fourth-order valence-electron chi connectivity index (χ4n) is 3.24. The summed E-state index contributed by atoms with van der Waals surface area (Å²) in [5.41, 5.74) is 0.813. The van der Waals surface area contributed by atoms with Gasteiger partial charge in [0.15, 0.2) is 5.69 Å². The standard InChI is InChI=1S/C22H25N3O4/c1-13(2)25-22(27)18-9-7-6-8-17(18)20(24-25)21(26)23-14(3)16-11-10-15(28-4)12-19(16)29-5/h6-14H,1-5H3,(H,23,26). The first-order valence-corrected chi connectivity index (χ1v) is 9.41. The zero-order valence-corrected chi connectivity index (χ0v) is 17.2. The number of nitrogens with zero attached hydrogens (tertiary/aromatic N) is 2. The molecule has 3 aromatic rings. The van der Waals surface area contributed by atoms with E-state index in [4.69, 9.17) is 9.47 Å². The van der Waals surface area contributed by atoms with Gasteiger partial charge in [0.25, 0.3) is 11.5 Å². The van der Waals surface area contributed by atoms with Crippen LogP contribution in [0, 0.1) is 0 Å². The molecule has 3 rings (SSSR count).